The number of aliphatic hydroxyl groups is 1. The molecule has 0 saturated carbocycles. The molecule has 116 valence electrons. The van der Waals surface area contributed by atoms with Crippen LogP contribution < -0.4 is 10.1 Å². The Kier molecular flexibility index (Phi) is 6.31. The zero-order valence-electron chi connectivity index (χ0n) is 12.3. The highest BCUT2D eigenvalue weighted by atomic mass is 35.5. The van der Waals surface area contributed by atoms with E-state index in [4.69, 9.17) is 16.3 Å². The first-order chi connectivity index (χ1) is 10.7. The molecule has 0 aliphatic heterocycles. The van der Waals surface area contributed by atoms with Crippen molar-refractivity contribution in [1.82, 2.24) is 0 Å². The molecule has 2 rings (SSSR count). The fourth-order valence-electron chi connectivity index (χ4n) is 2.05. The summed E-state index contributed by atoms with van der Waals surface area (Å²) in [4.78, 5) is 0. The van der Waals surface area contributed by atoms with Gasteiger partial charge in [0, 0.05) is 17.3 Å². The Morgan fingerprint density at radius 2 is 2.05 bits per heavy atom. The molecule has 0 radical (unpaired) electrons. The van der Waals surface area contributed by atoms with E-state index in [0.717, 1.165) is 23.4 Å². The molecule has 0 spiro atoms. The Morgan fingerprint density at radius 1 is 1.23 bits per heavy atom. The molecule has 2 N–H and O–H groups in total. The summed E-state index contributed by atoms with van der Waals surface area (Å²) in [5.41, 5.74) is 1.94. The van der Waals surface area contributed by atoms with Crippen molar-refractivity contribution in [3.63, 3.8) is 0 Å². The van der Waals surface area contributed by atoms with E-state index in [1.54, 1.807) is 0 Å². The standard InChI is InChI=1S/C18H20ClNO2/c1-2-6-14-7-3-4-10-18(14)22-13-17(21)12-20-16-9-5-8-15(19)11-16/h2-5,7-11,17,20-21H,1,6,12-13H2. The second-order valence-electron chi connectivity index (χ2n) is 4.96. The van der Waals surface area contributed by atoms with Gasteiger partial charge >= 0.3 is 0 Å². The minimum atomic E-state index is -0.615. The Morgan fingerprint density at radius 3 is 2.82 bits per heavy atom. The van der Waals surface area contributed by atoms with E-state index >= 15 is 0 Å². The number of allylic oxidation sites excluding steroid dienone is 1. The van der Waals surface area contributed by atoms with Crippen LogP contribution in [0.15, 0.2) is 61.2 Å². The molecule has 0 aliphatic rings. The fraction of sp³-hybridized carbons (Fsp3) is 0.222. The largest absolute Gasteiger partial charge is 0.491 e. The lowest BCUT2D eigenvalue weighted by Gasteiger charge is -2.15. The normalized spacial score (nSPS) is 11.7. The van der Waals surface area contributed by atoms with Crippen molar-refractivity contribution in [2.75, 3.05) is 18.5 Å². The summed E-state index contributed by atoms with van der Waals surface area (Å²) >= 11 is 5.91. The SMILES string of the molecule is C=CCc1ccccc1OCC(O)CNc1cccc(Cl)c1. The van der Waals surface area contributed by atoms with Gasteiger partial charge in [0.05, 0.1) is 0 Å². The van der Waals surface area contributed by atoms with E-state index in [0.29, 0.717) is 11.6 Å². The molecule has 3 nitrogen and oxygen atoms in total. The molecule has 0 saturated heterocycles. The van der Waals surface area contributed by atoms with Crippen LogP contribution in [0.25, 0.3) is 0 Å². The maximum atomic E-state index is 10.0. The monoisotopic (exact) mass is 317 g/mol. The van der Waals surface area contributed by atoms with Gasteiger partial charge in [-0.1, -0.05) is 41.9 Å². The van der Waals surface area contributed by atoms with Crippen LogP contribution in [-0.4, -0.2) is 24.4 Å². The maximum Gasteiger partial charge on any atom is 0.122 e. The highest BCUT2D eigenvalue weighted by Crippen LogP contribution is 2.19. The van der Waals surface area contributed by atoms with E-state index in [-0.39, 0.29) is 6.61 Å². The summed E-state index contributed by atoms with van der Waals surface area (Å²) in [6, 6.07) is 15.2. The lowest BCUT2D eigenvalue weighted by molar-refractivity contribution is 0.117. The highest BCUT2D eigenvalue weighted by molar-refractivity contribution is 6.30. The average Bonchev–Trinajstić information content (AvgIpc) is 2.52. The predicted molar refractivity (Wildman–Crippen MR) is 91.8 cm³/mol. The highest BCUT2D eigenvalue weighted by Gasteiger charge is 2.07. The van der Waals surface area contributed by atoms with Crippen LogP contribution in [0.1, 0.15) is 5.56 Å². The van der Waals surface area contributed by atoms with E-state index in [1.807, 2.05) is 54.6 Å². The molecule has 1 atom stereocenters. The summed E-state index contributed by atoms with van der Waals surface area (Å²) in [6.07, 6.45) is 1.96. The topological polar surface area (TPSA) is 41.5 Å². The number of nitrogens with one attached hydrogen (secondary N) is 1. The first kappa shape index (κ1) is 16.4. The van der Waals surface area contributed by atoms with E-state index in [1.165, 1.54) is 0 Å². The number of hydrogen-bond donors (Lipinski definition) is 2. The van der Waals surface area contributed by atoms with E-state index in [9.17, 15) is 5.11 Å². The van der Waals surface area contributed by atoms with E-state index < -0.39 is 6.10 Å². The van der Waals surface area contributed by atoms with Crippen LogP contribution in [0, 0.1) is 0 Å². The molecule has 2 aromatic rings. The van der Waals surface area contributed by atoms with Crippen LogP contribution in [0.3, 0.4) is 0 Å². The van der Waals surface area contributed by atoms with Gasteiger partial charge in [0.1, 0.15) is 18.5 Å². The number of hydrogen-bond acceptors (Lipinski definition) is 3. The summed E-state index contributed by atoms with van der Waals surface area (Å²) in [5, 5.41) is 13.8. The minimum absolute atomic E-state index is 0.224. The van der Waals surface area contributed by atoms with Crippen molar-refractivity contribution in [1.29, 1.82) is 0 Å². The molecule has 2 aromatic carbocycles. The van der Waals surface area contributed by atoms with Gasteiger partial charge in [0.15, 0.2) is 0 Å². The minimum Gasteiger partial charge on any atom is -0.491 e. The van der Waals surface area contributed by atoms with Gasteiger partial charge in [-0.05, 0) is 36.2 Å². The average molecular weight is 318 g/mol. The van der Waals surface area contributed by atoms with Gasteiger partial charge in [-0.2, -0.15) is 0 Å². The zero-order valence-corrected chi connectivity index (χ0v) is 13.1. The molecule has 0 aromatic heterocycles. The molecule has 22 heavy (non-hydrogen) atoms. The molecule has 0 heterocycles. The molecular formula is C18H20ClNO2. The summed E-state index contributed by atoms with van der Waals surface area (Å²) < 4.78 is 5.70. The van der Waals surface area contributed by atoms with Gasteiger partial charge in [-0.3, -0.25) is 0 Å². The van der Waals surface area contributed by atoms with Crippen molar-refractivity contribution in [3.05, 3.63) is 71.8 Å². The number of anilines is 1. The summed E-state index contributed by atoms with van der Waals surface area (Å²) in [6.45, 7) is 4.35. The molecule has 0 aliphatic carbocycles. The van der Waals surface area contributed by atoms with Crippen molar-refractivity contribution in [3.8, 4) is 5.75 Å². The van der Waals surface area contributed by atoms with Gasteiger partial charge < -0.3 is 15.2 Å². The van der Waals surface area contributed by atoms with Crippen LogP contribution in [0.5, 0.6) is 5.75 Å². The zero-order chi connectivity index (χ0) is 15.8. The van der Waals surface area contributed by atoms with Crippen molar-refractivity contribution in [2.24, 2.45) is 0 Å². The maximum absolute atomic E-state index is 10.0. The Balaban J connectivity index is 1.83. The second kappa shape index (κ2) is 8.47. The number of aliphatic hydroxyl groups excluding tert-OH is 1. The van der Waals surface area contributed by atoms with Crippen LogP contribution >= 0.6 is 11.6 Å². The van der Waals surface area contributed by atoms with E-state index in [2.05, 4.69) is 11.9 Å². The Labute approximate surface area is 136 Å². The smallest absolute Gasteiger partial charge is 0.122 e. The van der Waals surface area contributed by atoms with Gasteiger partial charge in [-0.15, -0.1) is 6.58 Å². The third-order valence-electron chi connectivity index (χ3n) is 3.13. The lowest BCUT2D eigenvalue weighted by atomic mass is 10.1. The van der Waals surface area contributed by atoms with Crippen LogP contribution in [-0.2, 0) is 6.42 Å². The summed E-state index contributed by atoms with van der Waals surface area (Å²) in [7, 11) is 0. The van der Waals surface area contributed by atoms with Crippen LogP contribution in [0.4, 0.5) is 5.69 Å². The molecule has 0 bridgehead atoms. The fourth-order valence-corrected chi connectivity index (χ4v) is 2.24. The third kappa shape index (κ3) is 5.10. The molecule has 0 fully saturated rings. The number of halogens is 1. The van der Waals surface area contributed by atoms with Crippen molar-refractivity contribution >= 4 is 17.3 Å². The first-order valence-corrected chi connectivity index (χ1v) is 7.56. The first-order valence-electron chi connectivity index (χ1n) is 7.18. The molecule has 0 amide bonds. The lowest BCUT2D eigenvalue weighted by Crippen LogP contribution is -2.26. The quantitative estimate of drug-likeness (QED) is 0.725. The summed E-state index contributed by atoms with van der Waals surface area (Å²) in [5.74, 6) is 0.782. The van der Waals surface area contributed by atoms with Gasteiger partial charge in [-0.25, -0.2) is 0 Å². The van der Waals surface area contributed by atoms with Crippen molar-refractivity contribution in [2.45, 2.75) is 12.5 Å². The molecule has 4 heteroatoms. The van der Waals surface area contributed by atoms with Gasteiger partial charge in [0.25, 0.3) is 0 Å². The van der Waals surface area contributed by atoms with Gasteiger partial charge in [0.2, 0.25) is 0 Å². The molecule has 1 unspecified atom stereocenters. The molecular weight excluding hydrogens is 298 g/mol. The third-order valence-corrected chi connectivity index (χ3v) is 3.37. The number of rotatable bonds is 8. The number of benzene rings is 2. The second-order valence-corrected chi connectivity index (χ2v) is 5.39. The Hall–Kier alpha value is -1.97. The van der Waals surface area contributed by atoms with Crippen molar-refractivity contribution < 1.29 is 9.84 Å². The van der Waals surface area contributed by atoms with Crippen LogP contribution in [0.2, 0.25) is 5.02 Å². The predicted octanol–water partition coefficient (Wildman–Crippen LogP) is 3.92. The number of ether oxygens (including phenoxy) is 1. The Bertz CT molecular complexity index is 616. The number of para-hydroxylation sites is 1.